The molecule has 0 amide bonds. The van der Waals surface area contributed by atoms with Crippen molar-refractivity contribution in [3.63, 3.8) is 0 Å². The lowest BCUT2D eigenvalue weighted by molar-refractivity contribution is -0.0265. The minimum absolute atomic E-state index is 0. The maximum atomic E-state index is 6.16. The molecule has 1 saturated heterocycles. The number of fused-ring (bicyclic) bond motifs is 1. The van der Waals surface area contributed by atoms with Gasteiger partial charge in [-0.05, 0) is 45.1 Å². The molecule has 0 aliphatic carbocycles. The first-order chi connectivity index (χ1) is 14.1. The summed E-state index contributed by atoms with van der Waals surface area (Å²) >= 11 is 0. The fraction of sp³-hybridized carbons (Fsp3) is 0.591. The van der Waals surface area contributed by atoms with Gasteiger partial charge in [-0.15, -0.1) is 24.0 Å². The number of aryl methyl sites for hydroxylation is 3. The highest BCUT2D eigenvalue weighted by atomic mass is 127. The number of nitrogens with zero attached hydrogens (tertiary/aromatic N) is 4. The number of nitrogens with one attached hydrogen (secondary N) is 2. The van der Waals surface area contributed by atoms with Crippen LogP contribution < -0.4 is 10.6 Å². The first-order valence-electron chi connectivity index (χ1n) is 10.7. The van der Waals surface area contributed by atoms with E-state index < -0.39 is 0 Å². The zero-order valence-electron chi connectivity index (χ0n) is 18.1. The predicted octanol–water partition coefficient (Wildman–Crippen LogP) is 3.68. The Labute approximate surface area is 196 Å². The van der Waals surface area contributed by atoms with Crippen molar-refractivity contribution < 1.29 is 4.74 Å². The van der Waals surface area contributed by atoms with Gasteiger partial charge in [0.05, 0.1) is 12.1 Å². The Morgan fingerprint density at radius 1 is 1.20 bits per heavy atom. The van der Waals surface area contributed by atoms with Gasteiger partial charge in [-0.3, -0.25) is 4.99 Å². The first kappa shape index (κ1) is 23.0. The van der Waals surface area contributed by atoms with E-state index in [-0.39, 0.29) is 36.1 Å². The summed E-state index contributed by atoms with van der Waals surface area (Å²) in [4.78, 5) is 9.07. The number of aromatic nitrogens is 3. The number of aliphatic imine (C=N–C) groups is 1. The molecule has 7 nitrogen and oxygen atoms in total. The van der Waals surface area contributed by atoms with Crippen molar-refractivity contribution in [1.29, 1.82) is 0 Å². The Kier molecular flexibility index (Phi) is 8.10. The number of guanidine groups is 1. The second kappa shape index (κ2) is 10.6. The predicted molar refractivity (Wildman–Crippen MR) is 129 cm³/mol. The van der Waals surface area contributed by atoms with Gasteiger partial charge < -0.3 is 15.4 Å². The van der Waals surface area contributed by atoms with Crippen LogP contribution in [0.4, 0.5) is 0 Å². The van der Waals surface area contributed by atoms with E-state index in [1.807, 2.05) is 18.7 Å². The highest BCUT2D eigenvalue weighted by Gasteiger charge is 2.28. The van der Waals surface area contributed by atoms with Crippen LogP contribution in [0.25, 0.3) is 0 Å². The lowest BCUT2D eigenvalue weighted by Crippen LogP contribution is -2.44. The number of rotatable bonds is 4. The molecule has 1 fully saturated rings. The van der Waals surface area contributed by atoms with E-state index in [0.29, 0.717) is 5.92 Å². The van der Waals surface area contributed by atoms with Gasteiger partial charge >= 0.3 is 0 Å². The first-order valence-corrected chi connectivity index (χ1v) is 10.7. The van der Waals surface area contributed by atoms with E-state index in [1.165, 1.54) is 11.1 Å². The van der Waals surface area contributed by atoms with Crippen LogP contribution in [0.5, 0.6) is 0 Å². The van der Waals surface area contributed by atoms with Gasteiger partial charge in [0.2, 0.25) is 0 Å². The highest BCUT2D eigenvalue weighted by Crippen LogP contribution is 2.33. The summed E-state index contributed by atoms with van der Waals surface area (Å²) in [5, 5.41) is 11.6. The van der Waals surface area contributed by atoms with E-state index in [9.17, 15) is 0 Å². The molecule has 3 unspecified atom stereocenters. The van der Waals surface area contributed by atoms with Crippen molar-refractivity contribution in [2.75, 3.05) is 20.2 Å². The van der Waals surface area contributed by atoms with Crippen molar-refractivity contribution in [2.45, 2.75) is 58.2 Å². The molecule has 3 heterocycles. The molecule has 0 spiro atoms. The third-order valence-electron chi connectivity index (χ3n) is 5.90. The molecule has 0 bridgehead atoms. The summed E-state index contributed by atoms with van der Waals surface area (Å²) < 4.78 is 8.18. The molecule has 4 rings (SSSR count). The Morgan fingerprint density at radius 2 is 2.00 bits per heavy atom. The van der Waals surface area contributed by atoms with Gasteiger partial charge in [0.15, 0.2) is 5.96 Å². The lowest BCUT2D eigenvalue weighted by atomic mass is 9.89. The molecule has 8 heteroatoms. The summed E-state index contributed by atoms with van der Waals surface area (Å²) in [6.45, 7) is 6.67. The molecular formula is C22H33IN6O. The molecule has 164 valence electrons. The Hall–Kier alpha value is -1.68. The van der Waals surface area contributed by atoms with Gasteiger partial charge in [0.1, 0.15) is 11.6 Å². The van der Waals surface area contributed by atoms with Crippen LogP contribution in [0.2, 0.25) is 0 Å². The van der Waals surface area contributed by atoms with Gasteiger partial charge in [0, 0.05) is 32.7 Å². The van der Waals surface area contributed by atoms with Crippen LogP contribution in [0.15, 0.2) is 29.3 Å². The standard InChI is InChI=1S/C22H32N6O.HI/c1-15-8-10-17(11-9-15)20-18(6-5-13-29-20)14-24-22(23-3)26-19-7-4-12-28-21(19)25-16(2)27-28;/h8-11,18-20H,4-7,12-14H2,1-3H3,(H2,23,24,26);1H. The molecule has 2 N–H and O–H groups in total. The molecule has 3 atom stereocenters. The normalized spacial score (nSPS) is 24.0. The molecule has 30 heavy (non-hydrogen) atoms. The van der Waals surface area contributed by atoms with Gasteiger partial charge in [-0.1, -0.05) is 29.8 Å². The van der Waals surface area contributed by atoms with Gasteiger partial charge in [0.25, 0.3) is 0 Å². The van der Waals surface area contributed by atoms with Crippen molar-refractivity contribution >= 4 is 29.9 Å². The molecule has 1 aromatic heterocycles. The topological polar surface area (TPSA) is 76.4 Å². The van der Waals surface area contributed by atoms with Crippen LogP contribution >= 0.6 is 24.0 Å². The average molecular weight is 524 g/mol. The molecule has 0 saturated carbocycles. The van der Waals surface area contributed by atoms with Crippen molar-refractivity contribution in [3.05, 3.63) is 47.0 Å². The van der Waals surface area contributed by atoms with E-state index in [1.54, 1.807) is 0 Å². The molecule has 1 aromatic carbocycles. The van der Waals surface area contributed by atoms with Crippen LogP contribution in [0.1, 0.15) is 60.6 Å². The summed E-state index contributed by atoms with van der Waals surface area (Å²) in [6, 6.07) is 8.87. The number of ether oxygens (including phenoxy) is 1. The van der Waals surface area contributed by atoms with E-state index in [0.717, 1.165) is 63.0 Å². The highest BCUT2D eigenvalue weighted by molar-refractivity contribution is 14.0. The number of benzene rings is 1. The maximum Gasteiger partial charge on any atom is 0.191 e. The maximum absolute atomic E-state index is 6.16. The minimum Gasteiger partial charge on any atom is -0.373 e. The number of hydrogen-bond donors (Lipinski definition) is 2. The lowest BCUT2D eigenvalue weighted by Gasteiger charge is -2.33. The summed E-state index contributed by atoms with van der Waals surface area (Å²) in [6.07, 6.45) is 4.52. The van der Waals surface area contributed by atoms with Crippen molar-refractivity contribution in [2.24, 2.45) is 10.9 Å². The largest absolute Gasteiger partial charge is 0.373 e. The summed E-state index contributed by atoms with van der Waals surface area (Å²) in [5.41, 5.74) is 2.54. The van der Waals surface area contributed by atoms with Crippen LogP contribution in [0.3, 0.4) is 0 Å². The fourth-order valence-corrected chi connectivity index (χ4v) is 4.37. The Morgan fingerprint density at radius 3 is 2.77 bits per heavy atom. The molecule has 0 radical (unpaired) electrons. The van der Waals surface area contributed by atoms with Crippen molar-refractivity contribution in [3.8, 4) is 0 Å². The minimum atomic E-state index is 0. The molecule has 2 aromatic rings. The second-order valence-corrected chi connectivity index (χ2v) is 8.14. The molecular weight excluding hydrogens is 491 g/mol. The van der Waals surface area contributed by atoms with E-state index in [2.05, 4.69) is 56.9 Å². The molecule has 2 aliphatic rings. The average Bonchev–Trinajstić information content (AvgIpc) is 3.13. The molecule has 2 aliphatic heterocycles. The van der Waals surface area contributed by atoms with Crippen LogP contribution in [-0.4, -0.2) is 40.9 Å². The SMILES string of the molecule is CN=C(NCC1CCCOC1c1ccc(C)cc1)NC1CCCn2nc(C)nc21.I. The smallest absolute Gasteiger partial charge is 0.191 e. The van der Waals surface area contributed by atoms with Crippen molar-refractivity contribution in [1.82, 2.24) is 25.4 Å². The van der Waals surface area contributed by atoms with Crippen LogP contribution in [0, 0.1) is 19.8 Å². The second-order valence-electron chi connectivity index (χ2n) is 8.14. The van der Waals surface area contributed by atoms with E-state index in [4.69, 9.17) is 4.74 Å². The quantitative estimate of drug-likeness (QED) is 0.363. The Balaban J connectivity index is 0.00000256. The Bertz CT molecular complexity index is 850. The zero-order valence-corrected chi connectivity index (χ0v) is 20.4. The van der Waals surface area contributed by atoms with E-state index >= 15 is 0 Å². The summed E-state index contributed by atoms with van der Waals surface area (Å²) in [7, 11) is 1.82. The van der Waals surface area contributed by atoms with Crippen LogP contribution in [-0.2, 0) is 11.3 Å². The third-order valence-corrected chi connectivity index (χ3v) is 5.90. The van der Waals surface area contributed by atoms with Gasteiger partial charge in [-0.25, -0.2) is 9.67 Å². The fourth-order valence-electron chi connectivity index (χ4n) is 4.37. The third kappa shape index (κ3) is 5.32. The number of halogens is 1. The number of hydrogen-bond acceptors (Lipinski definition) is 4. The zero-order chi connectivity index (χ0) is 20.2. The summed E-state index contributed by atoms with van der Waals surface area (Å²) in [5.74, 6) is 3.08. The van der Waals surface area contributed by atoms with Gasteiger partial charge in [-0.2, -0.15) is 5.10 Å². The monoisotopic (exact) mass is 524 g/mol.